The van der Waals surface area contributed by atoms with Gasteiger partial charge in [0.25, 0.3) is 0 Å². The van der Waals surface area contributed by atoms with Crippen LogP contribution in [0.1, 0.15) is 31.0 Å². The number of nitrogens with one attached hydrogen (secondary N) is 2. The van der Waals surface area contributed by atoms with Gasteiger partial charge in [-0.15, -0.1) is 0 Å². The SMILES string of the molecule is CCNC(=NCC(C)(O)c1ccsc1)NCC(c1ccccc1)N(C)C. The van der Waals surface area contributed by atoms with E-state index >= 15 is 0 Å². The molecule has 2 unspecified atom stereocenters. The highest BCUT2D eigenvalue weighted by atomic mass is 32.1. The van der Waals surface area contributed by atoms with Crippen LogP contribution in [0, 0.1) is 0 Å². The van der Waals surface area contributed by atoms with Crippen molar-refractivity contribution in [2.24, 2.45) is 4.99 Å². The number of aliphatic hydroxyl groups is 1. The molecule has 0 saturated heterocycles. The molecule has 0 radical (unpaired) electrons. The van der Waals surface area contributed by atoms with Gasteiger partial charge in [0.15, 0.2) is 5.96 Å². The van der Waals surface area contributed by atoms with Crippen LogP contribution < -0.4 is 10.6 Å². The van der Waals surface area contributed by atoms with Crippen molar-refractivity contribution in [2.75, 3.05) is 33.7 Å². The van der Waals surface area contributed by atoms with Gasteiger partial charge in [0.2, 0.25) is 0 Å². The van der Waals surface area contributed by atoms with E-state index < -0.39 is 5.60 Å². The molecule has 2 atom stereocenters. The summed E-state index contributed by atoms with van der Waals surface area (Å²) in [6.07, 6.45) is 0. The van der Waals surface area contributed by atoms with Crippen molar-refractivity contribution in [2.45, 2.75) is 25.5 Å². The van der Waals surface area contributed by atoms with E-state index in [1.807, 2.05) is 29.8 Å². The van der Waals surface area contributed by atoms with E-state index in [1.165, 1.54) is 5.56 Å². The Kier molecular flexibility index (Phi) is 7.63. The van der Waals surface area contributed by atoms with Gasteiger partial charge in [0, 0.05) is 13.1 Å². The Balaban J connectivity index is 2.04. The van der Waals surface area contributed by atoms with Crippen LogP contribution in [0.25, 0.3) is 0 Å². The summed E-state index contributed by atoms with van der Waals surface area (Å²) in [7, 11) is 4.15. The van der Waals surface area contributed by atoms with E-state index in [9.17, 15) is 5.11 Å². The van der Waals surface area contributed by atoms with E-state index in [4.69, 9.17) is 0 Å². The lowest BCUT2D eigenvalue weighted by molar-refractivity contribution is 0.0677. The molecule has 0 aliphatic heterocycles. The van der Waals surface area contributed by atoms with Gasteiger partial charge in [-0.25, -0.2) is 4.99 Å². The molecule has 0 aliphatic carbocycles. The van der Waals surface area contributed by atoms with E-state index in [2.05, 4.69) is 58.9 Å². The van der Waals surface area contributed by atoms with Crippen LogP contribution in [0.15, 0.2) is 52.2 Å². The van der Waals surface area contributed by atoms with Gasteiger partial charge in [-0.3, -0.25) is 0 Å². The third-order valence-electron chi connectivity index (χ3n) is 4.30. The second kappa shape index (κ2) is 9.71. The first-order chi connectivity index (χ1) is 12.4. The Labute approximate surface area is 160 Å². The highest BCUT2D eigenvalue weighted by Crippen LogP contribution is 2.23. The first-order valence-electron chi connectivity index (χ1n) is 8.92. The highest BCUT2D eigenvalue weighted by molar-refractivity contribution is 7.08. The molecule has 0 spiro atoms. The highest BCUT2D eigenvalue weighted by Gasteiger charge is 2.23. The molecule has 0 fully saturated rings. The predicted molar refractivity (Wildman–Crippen MR) is 111 cm³/mol. The summed E-state index contributed by atoms with van der Waals surface area (Å²) < 4.78 is 0. The smallest absolute Gasteiger partial charge is 0.191 e. The fraction of sp³-hybridized carbons (Fsp3) is 0.450. The van der Waals surface area contributed by atoms with Gasteiger partial charge in [-0.1, -0.05) is 30.3 Å². The average Bonchev–Trinajstić information content (AvgIpc) is 3.16. The van der Waals surface area contributed by atoms with Crippen molar-refractivity contribution in [1.82, 2.24) is 15.5 Å². The minimum Gasteiger partial charge on any atom is -0.383 e. The molecule has 2 aromatic rings. The summed E-state index contributed by atoms with van der Waals surface area (Å²) in [5.74, 6) is 0.714. The summed E-state index contributed by atoms with van der Waals surface area (Å²) >= 11 is 1.58. The number of likely N-dealkylation sites (N-methyl/N-ethyl adjacent to an activating group) is 1. The molecule has 0 bridgehead atoms. The molecule has 26 heavy (non-hydrogen) atoms. The quantitative estimate of drug-likeness (QED) is 0.491. The molecule has 2 rings (SSSR count). The number of hydrogen-bond acceptors (Lipinski definition) is 4. The van der Waals surface area contributed by atoms with Gasteiger partial charge in [-0.05, 0) is 55.9 Å². The summed E-state index contributed by atoms with van der Waals surface area (Å²) in [5, 5.41) is 21.3. The Morgan fingerprint density at radius 2 is 1.96 bits per heavy atom. The maximum atomic E-state index is 10.7. The van der Waals surface area contributed by atoms with Crippen LogP contribution in [0.5, 0.6) is 0 Å². The van der Waals surface area contributed by atoms with Gasteiger partial charge < -0.3 is 20.6 Å². The molecule has 1 aromatic carbocycles. The summed E-state index contributed by atoms with van der Waals surface area (Å²) in [5.41, 5.74) is 1.19. The second-order valence-corrected chi connectivity index (χ2v) is 7.53. The molecule has 3 N–H and O–H groups in total. The zero-order chi connectivity index (χ0) is 19.0. The monoisotopic (exact) mass is 374 g/mol. The van der Waals surface area contributed by atoms with E-state index in [-0.39, 0.29) is 6.04 Å². The fourth-order valence-electron chi connectivity index (χ4n) is 2.70. The third kappa shape index (κ3) is 5.83. The Morgan fingerprint density at radius 3 is 2.54 bits per heavy atom. The molecule has 142 valence electrons. The second-order valence-electron chi connectivity index (χ2n) is 6.75. The van der Waals surface area contributed by atoms with Crippen LogP contribution in [0.2, 0.25) is 0 Å². The lowest BCUT2D eigenvalue weighted by Crippen LogP contribution is -2.42. The minimum atomic E-state index is -0.970. The van der Waals surface area contributed by atoms with Gasteiger partial charge in [-0.2, -0.15) is 11.3 Å². The summed E-state index contributed by atoms with van der Waals surface area (Å²) in [4.78, 5) is 6.78. The number of rotatable bonds is 8. The standard InChI is InChI=1S/C20H30N4OS/c1-5-21-19(23-15-20(2,25)17-11-12-26-14-17)22-13-18(24(3)4)16-9-7-6-8-10-16/h6-12,14,18,25H,5,13,15H2,1-4H3,(H2,21,22,23). The number of hydrogen-bond donors (Lipinski definition) is 3. The lowest BCUT2D eigenvalue weighted by atomic mass is 10.00. The number of aliphatic imine (C=N–C) groups is 1. The Bertz CT molecular complexity index is 668. The third-order valence-corrected chi connectivity index (χ3v) is 4.99. The minimum absolute atomic E-state index is 0.234. The predicted octanol–water partition coefficient (Wildman–Crippen LogP) is 2.81. The molecule has 6 heteroatoms. The van der Waals surface area contributed by atoms with Crippen molar-refractivity contribution in [3.63, 3.8) is 0 Å². The fourth-order valence-corrected chi connectivity index (χ4v) is 3.49. The topological polar surface area (TPSA) is 59.9 Å². The maximum Gasteiger partial charge on any atom is 0.191 e. The normalized spacial score (nSPS) is 15.5. The number of guanidine groups is 1. The largest absolute Gasteiger partial charge is 0.383 e. The summed E-state index contributed by atoms with van der Waals surface area (Å²) in [6.45, 7) is 5.63. The Hall–Kier alpha value is -1.89. The van der Waals surface area contributed by atoms with Crippen molar-refractivity contribution in [3.8, 4) is 0 Å². The maximum absolute atomic E-state index is 10.7. The lowest BCUT2D eigenvalue weighted by Gasteiger charge is -2.26. The average molecular weight is 375 g/mol. The van der Waals surface area contributed by atoms with Gasteiger partial charge in [0.1, 0.15) is 5.60 Å². The molecule has 1 heterocycles. The van der Waals surface area contributed by atoms with Crippen LogP contribution in [-0.2, 0) is 5.60 Å². The van der Waals surface area contributed by atoms with Crippen molar-refractivity contribution in [1.29, 1.82) is 0 Å². The molecular weight excluding hydrogens is 344 g/mol. The van der Waals surface area contributed by atoms with Crippen LogP contribution >= 0.6 is 11.3 Å². The molecule has 0 aliphatic rings. The van der Waals surface area contributed by atoms with Crippen LogP contribution in [-0.4, -0.2) is 49.7 Å². The van der Waals surface area contributed by atoms with Crippen LogP contribution in [0.4, 0.5) is 0 Å². The first kappa shape index (κ1) is 20.4. The van der Waals surface area contributed by atoms with E-state index in [0.717, 1.165) is 18.7 Å². The first-order valence-corrected chi connectivity index (χ1v) is 9.87. The molecule has 5 nitrogen and oxygen atoms in total. The van der Waals surface area contributed by atoms with Crippen molar-refractivity contribution in [3.05, 3.63) is 58.3 Å². The molecule has 1 aromatic heterocycles. The summed E-state index contributed by atoms with van der Waals surface area (Å²) in [6, 6.07) is 12.6. The van der Waals surface area contributed by atoms with Gasteiger partial charge >= 0.3 is 0 Å². The zero-order valence-electron chi connectivity index (χ0n) is 16.1. The molecule has 0 saturated carbocycles. The molecule has 0 amide bonds. The van der Waals surface area contributed by atoms with Crippen molar-refractivity contribution >= 4 is 17.3 Å². The van der Waals surface area contributed by atoms with Gasteiger partial charge in [0.05, 0.1) is 12.6 Å². The van der Waals surface area contributed by atoms with Crippen molar-refractivity contribution < 1.29 is 5.11 Å². The van der Waals surface area contributed by atoms with E-state index in [1.54, 1.807) is 18.3 Å². The van der Waals surface area contributed by atoms with Crippen LogP contribution in [0.3, 0.4) is 0 Å². The number of nitrogens with zero attached hydrogens (tertiary/aromatic N) is 2. The van der Waals surface area contributed by atoms with E-state index in [0.29, 0.717) is 12.5 Å². The zero-order valence-corrected chi connectivity index (χ0v) is 16.9. The number of benzene rings is 1. The number of thiophene rings is 1. The Morgan fingerprint density at radius 1 is 1.23 bits per heavy atom. The molecular formula is C20H30N4OS.